The molecule has 1 aromatic heterocycles. The van der Waals surface area contributed by atoms with E-state index in [2.05, 4.69) is 51.9 Å². The number of rotatable bonds is 5. The molecule has 15 heavy (non-hydrogen) atoms. The van der Waals surface area contributed by atoms with Gasteiger partial charge in [0.2, 0.25) is 0 Å². The lowest BCUT2D eigenvalue weighted by atomic mass is 10.3. The molecule has 0 aromatic carbocycles. The van der Waals surface area contributed by atoms with Crippen LogP contribution in [0.1, 0.15) is 6.42 Å². The summed E-state index contributed by atoms with van der Waals surface area (Å²) in [6.45, 7) is 2.15. The van der Waals surface area contributed by atoms with Gasteiger partial charge < -0.3 is 9.80 Å². The third-order valence-electron chi connectivity index (χ3n) is 2.20. The van der Waals surface area contributed by atoms with E-state index >= 15 is 0 Å². The second kappa shape index (κ2) is 6.08. The zero-order valence-electron chi connectivity index (χ0n) is 9.57. The number of nitrogens with zero attached hydrogens (tertiary/aromatic N) is 3. The van der Waals surface area contributed by atoms with Gasteiger partial charge in [-0.25, -0.2) is 4.98 Å². The molecule has 1 rings (SSSR count). The van der Waals surface area contributed by atoms with Gasteiger partial charge in [0.05, 0.1) is 0 Å². The lowest BCUT2D eigenvalue weighted by Crippen LogP contribution is -2.23. The van der Waals surface area contributed by atoms with Gasteiger partial charge in [0, 0.05) is 24.3 Å². The molecule has 1 aromatic rings. The fourth-order valence-corrected chi connectivity index (χ4v) is 1.57. The van der Waals surface area contributed by atoms with Crippen LogP contribution in [0.25, 0.3) is 0 Å². The van der Waals surface area contributed by atoms with Gasteiger partial charge in [-0.1, -0.05) is 0 Å². The van der Waals surface area contributed by atoms with Gasteiger partial charge in [-0.3, -0.25) is 0 Å². The van der Waals surface area contributed by atoms with E-state index in [-0.39, 0.29) is 0 Å². The number of hydrogen-bond acceptors (Lipinski definition) is 3. The molecule has 0 spiro atoms. The minimum absolute atomic E-state index is 1.02. The van der Waals surface area contributed by atoms with Gasteiger partial charge in [0.15, 0.2) is 0 Å². The summed E-state index contributed by atoms with van der Waals surface area (Å²) in [4.78, 5) is 8.72. The minimum Gasteiger partial charge on any atom is -0.360 e. The quantitative estimate of drug-likeness (QED) is 0.819. The molecule has 4 heteroatoms. The smallest absolute Gasteiger partial charge is 0.128 e. The maximum atomic E-state index is 4.34. The molecule has 0 aliphatic heterocycles. The fourth-order valence-electron chi connectivity index (χ4n) is 1.33. The maximum Gasteiger partial charge on any atom is 0.128 e. The third kappa shape index (κ3) is 4.62. The summed E-state index contributed by atoms with van der Waals surface area (Å²) in [7, 11) is 6.27. The van der Waals surface area contributed by atoms with E-state index in [4.69, 9.17) is 0 Å². The van der Waals surface area contributed by atoms with Crippen molar-refractivity contribution in [1.29, 1.82) is 0 Å². The predicted octanol–water partition coefficient (Wildman–Crippen LogP) is 2.23. The van der Waals surface area contributed by atoms with E-state index < -0.39 is 0 Å². The molecular formula is C11H18BrN3. The fraction of sp³-hybridized carbons (Fsp3) is 0.545. The van der Waals surface area contributed by atoms with Crippen LogP contribution in [-0.4, -0.2) is 44.1 Å². The number of aromatic nitrogens is 1. The van der Waals surface area contributed by atoms with Gasteiger partial charge >= 0.3 is 0 Å². The van der Waals surface area contributed by atoms with Gasteiger partial charge in [0.25, 0.3) is 0 Å². The van der Waals surface area contributed by atoms with Crippen molar-refractivity contribution in [2.24, 2.45) is 0 Å². The lowest BCUT2D eigenvalue weighted by Gasteiger charge is -2.19. The standard InChI is InChI=1S/C11H18BrN3/c1-14(2)7-4-8-15(3)11-6-5-10(12)9-13-11/h5-6,9H,4,7-8H2,1-3H3. The summed E-state index contributed by atoms with van der Waals surface area (Å²) in [5.41, 5.74) is 0. The highest BCUT2D eigenvalue weighted by molar-refractivity contribution is 9.10. The summed E-state index contributed by atoms with van der Waals surface area (Å²) in [5, 5.41) is 0. The first-order chi connectivity index (χ1) is 7.09. The molecule has 0 amide bonds. The van der Waals surface area contributed by atoms with Crippen LogP contribution in [0.3, 0.4) is 0 Å². The van der Waals surface area contributed by atoms with Crippen molar-refractivity contribution in [2.45, 2.75) is 6.42 Å². The Labute approximate surface area is 100 Å². The van der Waals surface area contributed by atoms with Crippen molar-refractivity contribution >= 4 is 21.7 Å². The van der Waals surface area contributed by atoms with Crippen LogP contribution in [-0.2, 0) is 0 Å². The second-order valence-corrected chi connectivity index (χ2v) is 4.83. The molecule has 1 heterocycles. The molecule has 84 valence electrons. The number of pyridine rings is 1. The van der Waals surface area contributed by atoms with Crippen molar-refractivity contribution in [2.75, 3.05) is 39.1 Å². The first kappa shape index (κ1) is 12.5. The van der Waals surface area contributed by atoms with Crippen LogP contribution < -0.4 is 4.90 Å². The summed E-state index contributed by atoms with van der Waals surface area (Å²) >= 11 is 3.38. The molecule has 0 bridgehead atoms. The molecule has 0 unspecified atom stereocenters. The molecule has 0 saturated heterocycles. The number of anilines is 1. The zero-order chi connectivity index (χ0) is 11.3. The average Bonchev–Trinajstić information content (AvgIpc) is 2.18. The van der Waals surface area contributed by atoms with E-state index in [1.165, 1.54) is 0 Å². The molecule has 0 N–H and O–H groups in total. The molecule has 0 aliphatic rings. The zero-order valence-corrected chi connectivity index (χ0v) is 11.2. The highest BCUT2D eigenvalue weighted by Gasteiger charge is 2.01. The normalized spacial score (nSPS) is 10.7. The van der Waals surface area contributed by atoms with Crippen LogP contribution in [0, 0.1) is 0 Å². The average molecular weight is 272 g/mol. The van der Waals surface area contributed by atoms with E-state index in [0.29, 0.717) is 0 Å². The molecule has 0 aliphatic carbocycles. The maximum absolute atomic E-state index is 4.34. The summed E-state index contributed by atoms with van der Waals surface area (Å²) in [5.74, 6) is 1.02. The molecule has 3 nitrogen and oxygen atoms in total. The van der Waals surface area contributed by atoms with Crippen LogP contribution in [0.5, 0.6) is 0 Å². The molecule has 0 fully saturated rings. The number of hydrogen-bond donors (Lipinski definition) is 0. The summed E-state index contributed by atoms with van der Waals surface area (Å²) in [6, 6.07) is 4.05. The Kier molecular flexibility index (Phi) is 5.05. The van der Waals surface area contributed by atoms with Crippen LogP contribution in [0.15, 0.2) is 22.8 Å². The van der Waals surface area contributed by atoms with E-state index in [0.717, 1.165) is 29.8 Å². The Morgan fingerprint density at radius 3 is 2.47 bits per heavy atom. The van der Waals surface area contributed by atoms with Gasteiger partial charge in [-0.15, -0.1) is 0 Å². The molecule has 0 atom stereocenters. The summed E-state index contributed by atoms with van der Waals surface area (Å²) in [6.07, 6.45) is 2.99. The lowest BCUT2D eigenvalue weighted by molar-refractivity contribution is 0.401. The Hall–Kier alpha value is -0.610. The van der Waals surface area contributed by atoms with Crippen molar-refractivity contribution in [3.05, 3.63) is 22.8 Å². The highest BCUT2D eigenvalue weighted by Crippen LogP contribution is 2.13. The first-order valence-corrected chi connectivity index (χ1v) is 5.86. The first-order valence-electron chi connectivity index (χ1n) is 5.07. The van der Waals surface area contributed by atoms with Crippen LogP contribution in [0.2, 0.25) is 0 Å². The number of halogens is 1. The highest BCUT2D eigenvalue weighted by atomic mass is 79.9. The molecule has 0 saturated carbocycles. The summed E-state index contributed by atoms with van der Waals surface area (Å²) < 4.78 is 1.02. The van der Waals surface area contributed by atoms with Crippen LogP contribution in [0.4, 0.5) is 5.82 Å². The SMILES string of the molecule is CN(C)CCCN(C)c1ccc(Br)cn1. The molecular weight excluding hydrogens is 254 g/mol. The van der Waals surface area contributed by atoms with Crippen molar-refractivity contribution in [3.8, 4) is 0 Å². The minimum atomic E-state index is 1.02. The van der Waals surface area contributed by atoms with E-state index in [1.54, 1.807) is 0 Å². The van der Waals surface area contributed by atoms with Gasteiger partial charge in [-0.05, 0) is 55.1 Å². The largest absolute Gasteiger partial charge is 0.360 e. The Morgan fingerprint density at radius 2 is 1.93 bits per heavy atom. The Bertz CT molecular complexity index is 284. The van der Waals surface area contributed by atoms with Crippen molar-refractivity contribution < 1.29 is 0 Å². The van der Waals surface area contributed by atoms with Crippen LogP contribution >= 0.6 is 15.9 Å². The topological polar surface area (TPSA) is 19.4 Å². The van der Waals surface area contributed by atoms with Gasteiger partial charge in [0.1, 0.15) is 5.82 Å². The Morgan fingerprint density at radius 1 is 1.20 bits per heavy atom. The Balaban J connectivity index is 2.40. The van der Waals surface area contributed by atoms with Crippen molar-refractivity contribution in [3.63, 3.8) is 0 Å². The second-order valence-electron chi connectivity index (χ2n) is 3.91. The van der Waals surface area contributed by atoms with Crippen molar-refractivity contribution in [1.82, 2.24) is 9.88 Å². The third-order valence-corrected chi connectivity index (χ3v) is 2.67. The predicted molar refractivity (Wildman–Crippen MR) is 68.4 cm³/mol. The monoisotopic (exact) mass is 271 g/mol. The van der Waals surface area contributed by atoms with Gasteiger partial charge in [-0.2, -0.15) is 0 Å². The molecule has 0 radical (unpaired) electrons. The van der Waals surface area contributed by atoms with E-state index in [1.807, 2.05) is 18.3 Å². The van der Waals surface area contributed by atoms with E-state index in [9.17, 15) is 0 Å².